The molecule has 0 spiro atoms. The van der Waals surface area contributed by atoms with Crippen molar-refractivity contribution < 1.29 is 17.9 Å². The largest absolute Gasteiger partial charge is 0.490 e. The zero-order valence-electron chi connectivity index (χ0n) is 15.0. The van der Waals surface area contributed by atoms with Gasteiger partial charge in [-0.3, -0.25) is 4.72 Å². The van der Waals surface area contributed by atoms with Gasteiger partial charge in [0.2, 0.25) is 5.88 Å². The molecule has 0 atom stereocenters. The third-order valence-electron chi connectivity index (χ3n) is 3.76. The Morgan fingerprint density at radius 2 is 1.79 bits per heavy atom. The second kappa shape index (κ2) is 8.90. The van der Waals surface area contributed by atoms with E-state index in [2.05, 4.69) is 14.7 Å². The van der Waals surface area contributed by atoms with E-state index in [0.717, 1.165) is 0 Å². The molecule has 1 heterocycles. The minimum Gasteiger partial charge on any atom is -0.490 e. The number of para-hydroxylation sites is 1. The molecule has 0 saturated carbocycles. The summed E-state index contributed by atoms with van der Waals surface area (Å²) in [6.07, 6.45) is 2.60. The van der Waals surface area contributed by atoms with Crippen molar-refractivity contribution in [1.29, 1.82) is 0 Å². The van der Waals surface area contributed by atoms with Crippen molar-refractivity contribution in [3.63, 3.8) is 0 Å². The number of nitrogens with one attached hydrogen (secondary N) is 1. The smallest absolute Gasteiger partial charge is 0.262 e. The lowest BCUT2D eigenvalue weighted by Gasteiger charge is -2.14. The maximum Gasteiger partial charge on any atom is 0.262 e. The maximum atomic E-state index is 12.7. The highest BCUT2D eigenvalue weighted by Crippen LogP contribution is 2.27. The Kier molecular flexibility index (Phi) is 6.33. The lowest BCUT2D eigenvalue weighted by Crippen LogP contribution is -2.17. The molecule has 0 unspecified atom stereocenters. The van der Waals surface area contributed by atoms with Crippen LogP contribution in [0, 0.1) is 6.92 Å². The predicted octanol–water partition coefficient (Wildman–Crippen LogP) is 3.70. The van der Waals surface area contributed by atoms with E-state index in [1.54, 1.807) is 19.1 Å². The van der Waals surface area contributed by atoms with Crippen molar-refractivity contribution in [3.8, 4) is 11.6 Å². The summed E-state index contributed by atoms with van der Waals surface area (Å²) in [5.74, 6) is 0.820. The predicted molar refractivity (Wildman–Crippen MR) is 106 cm³/mol. The standard InChI is InChI=1S/C19H18ClN3O4S/c1-14-16(20)8-5-9-18(14)28(24,25)23-17-12-21-13-22-19(17)27-11-10-26-15-6-3-2-4-7-15/h2-9,12-13,23H,10-11H2,1H3. The molecule has 0 fully saturated rings. The molecule has 3 aromatic rings. The van der Waals surface area contributed by atoms with Crippen molar-refractivity contribution in [2.24, 2.45) is 0 Å². The van der Waals surface area contributed by atoms with Gasteiger partial charge in [-0.05, 0) is 36.8 Å². The number of anilines is 1. The normalized spacial score (nSPS) is 11.1. The van der Waals surface area contributed by atoms with Gasteiger partial charge in [0.15, 0.2) is 0 Å². The summed E-state index contributed by atoms with van der Waals surface area (Å²) in [5, 5.41) is 0.363. The number of hydrogen-bond acceptors (Lipinski definition) is 6. The summed E-state index contributed by atoms with van der Waals surface area (Å²) in [7, 11) is -3.89. The van der Waals surface area contributed by atoms with Gasteiger partial charge in [-0.2, -0.15) is 4.98 Å². The first-order valence-corrected chi connectivity index (χ1v) is 10.2. The van der Waals surface area contributed by atoms with Gasteiger partial charge in [-0.15, -0.1) is 0 Å². The van der Waals surface area contributed by atoms with Crippen LogP contribution in [0.15, 0.2) is 66.0 Å². The Bertz CT molecular complexity index is 1050. The number of ether oxygens (including phenoxy) is 2. The molecule has 0 radical (unpaired) electrons. The minimum absolute atomic E-state index is 0.0715. The topological polar surface area (TPSA) is 90.4 Å². The van der Waals surface area contributed by atoms with Gasteiger partial charge < -0.3 is 9.47 Å². The SMILES string of the molecule is Cc1c(Cl)cccc1S(=O)(=O)Nc1cncnc1OCCOc1ccccc1. The molecule has 0 aliphatic rings. The Hall–Kier alpha value is -2.84. The lowest BCUT2D eigenvalue weighted by atomic mass is 10.2. The molecular formula is C19H18ClN3O4S. The number of sulfonamides is 1. The van der Waals surface area contributed by atoms with Crippen molar-refractivity contribution in [2.75, 3.05) is 17.9 Å². The highest BCUT2D eigenvalue weighted by molar-refractivity contribution is 7.92. The van der Waals surface area contributed by atoms with Gasteiger partial charge in [0.05, 0.1) is 11.1 Å². The van der Waals surface area contributed by atoms with E-state index in [-0.39, 0.29) is 29.7 Å². The fourth-order valence-corrected chi connectivity index (χ4v) is 3.94. The Balaban J connectivity index is 1.69. The summed E-state index contributed by atoms with van der Waals surface area (Å²) in [6, 6.07) is 14.0. The van der Waals surface area contributed by atoms with E-state index in [0.29, 0.717) is 16.3 Å². The number of hydrogen-bond donors (Lipinski definition) is 1. The Labute approximate surface area is 168 Å². The fraction of sp³-hybridized carbons (Fsp3) is 0.158. The van der Waals surface area contributed by atoms with Gasteiger partial charge in [0.1, 0.15) is 31.0 Å². The second-order valence-corrected chi connectivity index (χ2v) is 7.78. The molecule has 0 saturated heterocycles. The van der Waals surface area contributed by atoms with Crippen molar-refractivity contribution >= 4 is 27.3 Å². The van der Waals surface area contributed by atoms with E-state index in [1.807, 2.05) is 30.3 Å². The number of halogens is 1. The van der Waals surface area contributed by atoms with E-state index in [9.17, 15) is 8.42 Å². The van der Waals surface area contributed by atoms with Crippen LogP contribution in [-0.4, -0.2) is 31.6 Å². The summed E-state index contributed by atoms with van der Waals surface area (Å²) in [5.41, 5.74) is 0.578. The summed E-state index contributed by atoms with van der Waals surface area (Å²) >= 11 is 6.03. The Morgan fingerprint density at radius 3 is 2.57 bits per heavy atom. The quantitative estimate of drug-likeness (QED) is 0.560. The van der Waals surface area contributed by atoms with Crippen LogP contribution in [0.4, 0.5) is 5.69 Å². The molecule has 9 heteroatoms. The van der Waals surface area contributed by atoms with Crippen LogP contribution >= 0.6 is 11.6 Å². The van der Waals surface area contributed by atoms with E-state index < -0.39 is 10.0 Å². The van der Waals surface area contributed by atoms with E-state index >= 15 is 0 Å². The molecule has 7 nitrogen and oxygen atoms in total. The molecule has 3 rings (SSSR count). The molecule has 28 heavy (non-hydrogen) atoms. The van der Waals surface area contributed by atoms with Crippen LogP contribution < -0.4 is 14.2 Å². The zero-order valence-corrected chi connectivity index (χ0v) is 16.6. The first-order chi connectivity index (χ1) is 13.5. The molecular weight excluding hydrogens is 402 g/mol. The third kappa shape index (κ3) is 4.90. The number of rotatable bonds is 8. The Morgan fingerprint density at radius 1 is 1.04 bits per heavy atom. The molecule has 1 N–H and O–H groups in total. The molecule has 146 valence electrons. The van der Waals surface area contributed by atoms with Crippen molar-refractivity contribution in [1.82, 2.24) is 9.97 Å². The van der Waals surface area contributed by atoms with Crippen LogP contribution in [0.2, 0.25) is 5.02 Å². The van der Waals surface area contributed by atoms with E-state index in [4.69, 9.17) is 21.1 Å². The zero-order chi connectivity index (χ0) is 20.0. The highest BCUT2D eigenvalue weighted by Gasteiger charge is 2.20. The van der Waals surface area contributed by atoms with Crippen LogP contribution in [-0.2, 0) is 10.0 Å². The number of aromatic nitrogens is 2. The molecule has 0 bridgehead atoms. The minimum atomic E-state index is -3.89. The van der Waals surface area contributed by atoms with Crippen molar-refractivity contribution in [2.45, 2.75) is 11.8 Å². The monoisotopic (exact) mass is 419 g/mol. The van der Waals surface area contributed by atoms with Crippen LogP contribution in [0.3, 0.4) is 0 Å². The summed E-state index contributed by atoms with van der Waals surface area (Å²) < 4.78 is 39.0. The summed E-state index contributed by atoms with van der Waals surface area (Å²) in [4.78, 5) is 7.93. The average molecular weight is 420 g/mol. The molecule has 2 aromatic carbocycles. The first-order valence-electron chi connectivity index (χ1n) is 8.36. The third-order valence-corrected chi connectivity index (χ3v) is 5.68. The van der Waals surface area contributed by atoms with Crippen LogP contribution in [0.5, 0.6) is 11.6 Å². The average Bonchev–Trinajstić information content (AvgIpc) is 2.69. The van der Waals surface area contributed by atoms with Gasteiger partial charge in [0, 0.05) is 5.02 Å². The van der Waals surface area contributed by atoms with Crippen molar-refractivity contribution in [3.05, 3.63) is 71.6 Å². The molecule has 0 aliphatic carbocycles. The molecule has 1 aromatic heterocycles. The second-order valence-electron chi connectivity index (χ2n) is 5.72. The molecule has 0 aliphatic heterocycles. The van der Waals surface area contributed by atoms with Gasteiger partial charge in [-0.1, -0.05) is 35.9 Å². The summed E-state index contributed by atoms with van der Waals surface area (Å²) in [6.45, 7) is 2.08. The maximum absolute atomic E-state index is 12.7. The highest BCUT2D eigenvalue weighted by atomic mass is 35.5. The molecule has 0 amide bonds. The van der Waals surface area contributed by atoms with Gasteiger partial charge in [0.25, 0.3) is 10.0 Å². The number of nitrogens with zero attached hydrogens (tertiary/aromatic N) is 2. The fourth-order valence-electron chi connectivity index (χ4n) is 2.40. The van der Waals surface area contributed by atoms with Gasteiger partial charge in [-0.25, -0.2) is 13.4 Å². The van der Waals surface area contributed by atoms with Crippen LogP contribution in [0.25, 0.3) is 0 Å². The van der Waals surface area contributed by atoms with E-state index in [1.165, 1.54) is 18.6 Å². The van der Waals surface area contributed by atoms with Gasteiger partial charge >= 0.3 is 0 Å². The number of benzene rings is 2. The lowest BCUT2D eigenvalue weighted by molar-refractivity contribution is 0.212. The first kappa shape index (κ1) is 19.9. The van der Waals surface area contributed by atoms with Crippen LogP contribution in [0.1, 0.15) is 5.56 Å².